The molecule has 0 aromatic heterocycles. The van der Waals surface area contributed by atoms with Crippen LogP contribution in [-0.2, 0) is 14.3 Å². The summed E-state index contributed by atoms with van der Waals surface area (Å²) in [5, 5.41) is 11.9. The van der Waals surface area contributed by atoms with Crippen molar-refractivity contribution in [1.29, 1.82) is 0 Å². The molecule has 1 aliphatic heterocycles. The van der Waals surface area contributed by atoms with E-state index in [-0.39, 0.29) is 12.3 Å². The molecule has 2 rings (SSSR count). The molecule has 0 aliphatic carbocycles. The van der Waals surface area contributed by atoms with Gasteiger partial charge in [0.2, 0.25) is 5.91 Å². The van der Waals surface area contributed by atoms with Crippen LogP contribution in [0.3, 0.4) is 0 Å². The topological polar surface area (TPSA) is 75.6 Å². The molecule has 1 atom stereocenters. The molecule has 0 radical (unpaired) electrons. The molecule has 1 heterocycles. The summed E-state index contributed by atoms with van der Waals surface area (Å²) >= 11 is 3.35. The zero-order chi connectivity index (χ0) is 15.9. The number of ether oxygens (including phenoxy) is 1. The van der Waals surface area contributed by atoms with Crippen LogP contribution < -0.4 is 5.32 Å². The number of carboxylic acids is 1. The fourth-order valence-electron chi connectivity index (χ4n) is 2.59. The van der Waals surface area contributed by atoms with Crippen molar-refractivity contribution in [3.63, 3.8) is 0 Å². The van der Waals surface area contributed by atoms with Crippen molar-refractivity contribution in [3.8, 4) is 0 Å². The van der Waals surface area contributed by atoms with Crippen molar-refractivity contribution in [2.24, 2.45) is 5.92 Å². The first kappa shape index (κ1) is 17.0. The molecule has 1 aliphatic rings. The summed E-state index contributed by atoms with van der Waals surface area (Å²) < 4.78 is 6.20. The Kier molecular flexibility index (Phi) is 6.39. The van der Waals surface area contributed by atoms with Crippen LogP contribution in [-0.4, -0.2) is 30.2 Å². The highest BCUT2D eigenvalue weighted by atomic mass is 79.9. The van der Waals surface area contributed by atoms with Crippen LogP contribution in [0.15, 0.2) is 28.7 Å². The molecule has 1 amide bonds. The summed E-state index contributed by atoms with van der Waals surface area (Å²) in [5.74, 6) is -0.704. The number of aliphatic carboxylic acids is 1. The SMILES string of the molecule is O=C(O)CC(NC(=O)CC1CCOCC1)c1ccc(Br)cc1. The number of halogens is 1. The summed E-state index contributed by atoms with van der Waals surface area (Å²) in [6.45, 7) is 1.40. The Hall–Kier alpha value is -1.40. The molecule has 120 valence electrons. The van der Waals surface area contributed by atoms with Crippen LogP contribution in [0, 0.1) is 5.92 Å². The van der Waals surface area contributed by atoms with Crippen molar-refractivity contribution < 1.29 is 19.4 Å². The van der Waals surface area contributed by atoms with Crippen LogP contribution in [0.4, 0.5) is 0 Å². The number of hydrogen-bond acceptors (Lipinski definition) is 3. The Morgan fingerprint density at radius 2 is 1.91 bits per heavy atom. The molecule has 6 heteroatoms. The molecule has 2 N–H and O–H groups in total. The number of carbonyl (C=O) groups excluding carboxylic acids is 1. The lowest BCUT2D eigenvalue weighted by molar-refractivity contribution is -0.137. The number of hydrogen-bond donors (Lipinski definition) is 2. The summed E-state index contributed by atoms with van der Waals surface area (Å²) in [7, 11) is 0. The summed E-state index contributed by atoms with van der Waals surface area (Å²) in [4.78, 5) is 23.2. The smallest absolute Gasteiger partial charge is 0.305 e. The van der Waals surface area contributed by atoms with E-state index >= 15 is 0 Å². The second-order valence-corrected chi connectivity index (χ2v) is 6.45. The van der Waals surface area contributed by atoms with Crippen LogP contribution in [0.1, 0.15) is 37.3 Å². The van der Waals surface area contributed by atoms with E-state index in [1.165, 1.54) is 0 Å². The fourth-order valence-corrected chi connectivity index (χ4v) is 2.85. The Balaban J connectivity index is 1.97. The van der Waals surface area contributed by atoms with Crippen LogP contribution >= 0.6 is 15.9 Å². The first-order valence-corrected chi connectivity index (χ1v) is 8.18. The van der Waals surface area contributed by atoms with Crippen molar-refractivity contribution in [2.45, 2.75) is 31.7 Å². The maximum Gasteiger partial charge on any atom is 0.305 e. The van der Waals surface area contributed by atoms with Gasteiger partial charge in [0, 0.05) is 24.1 Å². The average Bonchev–Trinajstić information content (AvgIpc) is 2.48. The number of nitrogens with one attached hydrogen (secondary N) is 1. The summed E-state index contributed by atoms with van der Waals surface area (Å²) in [6.07, 6.45) is 2.07. The molecule has 1 aromatic rings. The van der Waals surface area contributed by atoms with E-state index in [0.717, 1.165) is 22.9 Å². The van der Waals surface area contributed by atoms with Crippen LogP contribution in [0.5, 0.6) is 0 Å². The molecule has 1 fully saturated rings. The Morgan fingerprint density at radius 3 is 2.50 bits per heavy atom. The van der Waals surface area contributed by atoms with E-state index in [0.29, 0.717) is 25.6 Å². The van der Waals surface area contributed by atoms with Gasteiger partial charge < -0.3 is 15.2 Å². The molecule has 0 spiro atoms. The lowest BCUT2D eigenvalue weighted by Crippen LogP contribution is -2.32. The first-order chi connectivity index (χ1) is 10.5. The quantitative estimate of drug-likeness (QED) is 0.808. The fraction of sp³-hybridized carbons (Fsp3) is 0.500. The van der Waals surface area contributed by atoms with Crippen molar-refractivity contribution >= 4 is 27.8 Å². The van der Waals surface area contributed by atoms with Crippen LogP contribution in [0.25, 0.3) is 0 Å². The highest BCUT2D eigenvalue weighted by Crippen LogP contribution is 2.22. The minimum absolute atomic E-state index is 0.0962. The molecule has 0 saturated carbocycles. The van der Waals surface area contributed by atoms with E-state index in [2.05, 4.69) is 21.2 Å². The van der Waals surface area contributed by atoms with Crippen LogP contribution in [0.2, 0.25) is 0 Å². The lowest BCUT2D eigenvalue weighted by atomic mass is 9.95. The van der Waals surface area contributed by atoms with Crippen molar-refractivity contribution in [3.05, 3.63) is 34.3 Å². The van der Waals surface area contributed by atoms with E-state index < -0.39 is 12.0 Å². The van der Waals surface area contributed by atoms with Gasteiger partial charge in [-0.15, -0.1) is 0 Å². The third kappa shape index (κ3) is 5.42. The van der Waals surface area contributed by atoms with E-state index in [9.17, 15) is 9.59 Å². The normalized spacial score (nSPS) is 17.0. The Bertz CT molecular complexity index is 511. The maximum absolute atomic E-state index is 12.2. The zero-order valence-electron chi connectivity index (χ0n) is 12.3. The molecule has 22 heavy (non-hydrogen) atoms. The monoisotopic (exact) mass is 369 g/mol. The molecule has 1 saturated heterocycles. The number of benzene rings is 1. The number of rotatable bonds is 6. The Morgan fingerprint density at radius 1 is 1.27 bits per heavy atom. The van der Waals surface area contributed by atoms with Gasteiger partial charge in [-0.25, -0.2) is 0 Å². The highest BCUT2D eigenvalue weighted by molar-refractivity contribution is 9.10. The standard InChI is InChI=1S/C16H20BrNO4/c17-13-3-1-12(2-4-13)14(10-16(20)21)18-15(19)9-11-5-7-22-8-6-11/h1-4,11,14H,5-10H2,(H,18,19)(H,20,21). The summed E-state index contributed by atoms with van der Waals surface area (Å²) in [5.41, 5.74) is 0.797. The number of amides is 1. The predicted molar refractivity (Wildman–Crippen MR) is 85.4 cm³/mol. The van der Waals surface area contributed by atoms with E-state index in [1.54, 1.807) is 0 Å². The third-order valence-corrected chi connectivity index (χ3v) is 4.33. The minimum Gasteiger partial charge on any atom is -0.481 e. The van der Waals surface area contributed by atoms with Gasteiger partial charge >= 0.3 is 5.97 Å². The largest absolute Gasteiger partial charge is 0.481 e. The molecular formula is C16H20BrNO4. The van der Waals surface area contributed by atoms with E-state index in [4.69, 9.17) is 9.84 Å². The predicted octanol–water partition coefficient (Wildman–Crippen LogP) is 2.90. The molecule has 1 unspecified atom stereocenters. The highest BCUT2D eigenvalue weighted by Gasteiger charge is 2.21. The van der Waals surface area contributed by atoms with Gasteiger partial charge in [-0.1, -0.05) is 28.1 Å². The molecule has 5 nitrogen and oxygen atoms in total. The van der Waals surface area contributed by atoms with Gasteiger partial charge in [0.15, 0.2) is 0 Å². The second kappa shape index (κ2) is 8.29. The van der Waals surface area contributed by atoms with Gasteiger partial charge in [0.1, 0.15) is 0 Å². The van der Waals surface area contributed by atoms with E-state index in [1.807, 2.05) is 24.3 Å². The van der Waals surface area contributed by atoms with Crippen molar-refractivity contribution in [1.82, 2.24) is 5.32 Å². The summed E-state index contributed by atoms with van der Waals surface area (Å²) in [6, 6.07) is 6.83. The van der Waals surface area contributed by atoms with Gasteiger partial charge in [-0.2, -0.15) is 0 Å². The maximum atomic E-state index is 12.2. The number of carbonyl (C=O) groups is 2. The third-order valence-electron chi connectivity index (χ3n) is 3.80. The zero-order valence-corrected chi connectivity index (χ0v) is 13.8. The first-order valence-electron chi connectivity index (χ1n) is 7.39. The second-order valence-electron chi connectivity index (χ2n) is 5.53. The lowest BCUT2D eigenvalue weighted by Gasteiger charge is -2.23. The van der Waals surface area contributed by atoms with Gasteiger partial charge in [-0.05, 0) is 36.5 Å². The minimum atomic E-state index is -0.931. The van der Waals surface area contributed by atoms with Gasteiger partial charge in [0.25, 0.3) is 0 Å². The average molecular weight is 370 g/mol. The van der Waals surface area contributed by atoms with Gasteiger partial charge in [0.05, 0.1) is 12.5 Å². The molecule has 0 bridgehead atoms. The molecular weight excluding hydrogens is 350 g/mol. The molecule has 1 aromatic carbocycles. The van der Waals surface area contributed by atoms with Gasteiger partial charge in [-0.3, -0.25) is 9.59 Å². The number of carboxylic acid groups (broad SMARTS) is 1. The van der Waals surface area contributed by atoms with Crippen molar-refractivity contribution in [2.75, 3.05) is 13.2 Å². The Labute approximate surface area is 138 Å².